The molecule has 0 spiro atoms. The molecule has 0 radical (unpaired) electrons. The van der Waals surface area contributed by atoms with Crippen molar-refractivity contribution in [3.8, 4) is 0 Å². The lowest BCUT2D eigenvalue weighted by molar-refractivity contribution is -0.117. The van der Waals surface area contributed by atoms with E-state index in [1.54, 1.807) is 25.1 Å². The molecule has 2 unspecified atom stereocenters. The van der Waals surface area contributed by atoms with Crippen LogP contribution in [0.1, 0.15) is 37.6 Å². The molecule has 0 aliphatic heterocycles. The van der Waals surface area contributed by atoms with Crippen LogP contribution in [0.25, 0.3) is 0 Å². The minimum atomic E-state index is -0.379. The van der Waals surface area contributed by atoms with Crippen LogP contribution in [0.3, 0.4) is 0 Å². The van der Waals surface area contributed by atoms with Gasteiger partial charge in [-0.3, -0.25) is 4.79 Å². The highest BCUT2D eigenvalue weighted by Gasteiger charge is 2.39. The molecular weight excluding hydrogens is 268 g/mol. The van der Waals surface area contributed by atoms with Crippen molar-refractivity contribution < 1.29 is 14.3 Å². The summed E-state index contributed by atoms with van der Waals surface area (Å²) in [6.45, 7) is 6.87. The predicted molar refractivity (Wildman–Crippen MR) is 82.5 cm³/mol. The van der Waals surface area contributed by atoms with Gasteiger partial charge in [-0.1, -0.05) is 6.92 Å². The second kappa shape index (κ2) is 6.61. The largest absolute Gasteiger partial charge is 0.462 e. The first kappa shape index (κ1) is 15.4. The zero-order valence-electron chi connectivity index (χ0n) is 12.7. The molecule has 5 nitrogen and oxygen atoms in total. The van der Waals surface area contributed by atoms with E-state index in [-0.39, 0.29) is 17.8 Å². The number of amides is 1. The van der Waals surface area contributed by atoms with Crippen molar-refractivity contribution in [3.63, 3.8) is 0 Å². The van der Waals surface area contributed by atoms with E-state index in [0.717, 1.165) is 18.7 Å². The topological polar surface area (TPSA) is 67.4 Å². The summed E-state index contributed by atoms with van der Waals surface area (Å²) in [5.74, 6) is 0.171. The Labute approximate surface area is 125 Å². The Morgan fingerprint density at radius 2 is 2.00 bits per heavy atom. The van der Waals surface area contributed by atoms with Crippen molar-refractivity contribution in [2.45, 2.75) is 27.2 Å². The molecule has 1 aromatic rings. The van der Waals surface area contributed by atoms with Gasteiger partial charge in [0.05, 0.1) is 23.5 Å². The zero-order chi connectivity index (χ0) is 15.4. The van der Waals surface area contributed by atoms with E-state index in [2.05, 4.69) is 17.6 Å². The number of carbonyl (C=O) groups is 2. The molecule has 0 heterocycles. The highest BCUT2D eigenvalue weighted by atomic mass is 16.5. The second-order valence-corrected chi connectivity index (χ2v) is 5.32. The Bertz CT molecular complexity index is 542. The van der Waals surface area contributed by atoms with Crippen LogP contribution < -0.4 is 10.6 Å². The molecule has 1 aliphatic rings. The van der Waals surface area contributed by atoms with Crippen LogP contribution >= 0.6 is 0 Å². The third kappa shape index (κ3) is 3.74. The van der Waals surface area contributed by atoms with Gasteiger partial charge in [-0.2, -0.15) is 0 Å². The Balaban J connectivity index is 2.19. The number of benzene rings is 1. The van der Waals surface area contributed by atoms with E-state index in [9.17, 15) is 9.59 Å². The lowest BCUT2D eigenvalue weighted by Crippen LogP contribution is -2.17. The molecule has 0 aromatic heterocycles. The number of carbonyl (C=O) groups excluding carboxylic acids is 2. The molecule has 1 fully saturated rings. The van der Waals surface area contributed by atoms with Gasteiger partial charge in [0.25, 0.3) is 0 Å². The van der Waals surface area contributed by atoms with E-state index in [1.165, 1.54) is 0 Å². The van der Waals surface area contributed by atoms with Crippen LogP contribution in [-0.4, -0.2) is 25.0 Å². The predicted octanol–water partition coefficient (Wildman–Crippen LogP) is 2.89. The average molecular weight is 290 g/mol. The smallest absolute Gasteiger partial charge is 0.338 e. The fraction of sp³-hybridized carbons (Fsp3) is 0.500. The Kier molecular flexibility index (Phi) is 4.83. The maximum atomic E-state index is 12.1. The molecule has 0 bridgehead atoms. The first-order chi connectivity index (χ1) is 10.1. The Morgan fingerprint density at radius 3 is 2.57 bits per heavy atom. The normalized spacial score (nSPS) is 19.8. The summed E-state index contributed by atoms with van der Waals surface area (Å²) in [5, 5.41) is 6.10. The van der Waals surface area contributed by atoms with Crippen molar-refractivity contribution >= 4 is 23.3 Å². The maximum absolute atomic E-state index is 12.1. The van der Waals surface area contributed by atoms with Crippen LogP contribution in [0, 0.1) is 11.8 Å². The van der Waals surface area contributed by atoms with Gasteiger partial charge in [-0.05, 0) is 44.4 Å². The van der Waals surface area contributed by atoms with Gasteiger partial charge < -0.3 is 15.4 Å². The van der Waals surface area contributed by atoms with Crippen molar-refractivity contribution in [3.05, 3.63) is 23.8 Å². The second-order valence-electron chi connectivity index (χ2n) is 5.32. The number of esters is 1. The fourth-order valence-electron chi connectivity index (χ4n) is 2.25. The Hall–Kier alpha value is -2.04. The molecule has 2 N–H and O–H groups in total. The molecule has 21 heavy (non-hydrogen) atoms. The number of ether oxygens (including phenoxy) is 1. The molecule has 1 amide bonds. The molecule has 2 rings (SSSR count). The van der Waals surface area contributed by atoms with Gasteiger partial charge in [-0.15, -0.1) is 0 Å². The average Bonchev–Trinajstić information content (AvgIpc) is 3.18. The summed E-state index contributed by atoms with van der Waals surface area (Å²) in [7, 11) is 0. The van der Waals surface area contributed by atoms with Crippen LogP contribution in [0.15, 0.2) is 18.2 Å². The van der Waals surface area contributed by atoms with Gasteiger partial charge in [-0.25, -0.2) is 4.79 Å². The molecule has 2 atom stereocenters. The van der Waals surface area contributed by atoms with Crippen molar-refractivity contribution in [2.24, 2.45) is 11.8 Å². The van der Waals surface area contributed by atoms with E-state index in [0.29, 0.717) is 23.8 Å². The molecule has 1 saturated carbocycles. The fourth-order valence-corrected chi connectivity index (χ4v) is 2.25. The standard InChI is InChI=1S/C16H22N2O3/c1-4-17-13-7-6-11(16(20)21-5-2)9-14(13)18-15(19)12-8-10(12)3/h6-7,9-10,12,17H,4-5,8H2,1-3H3,(H,18,19). The minimum Gasteiger partial charge on any atom is -0.462 e. The summed E-state index contributed by atoms with van der Waals surface area (Å²) >= 11 is 0. The Morgan fingerprint density at radius 1 is 1.29 bits per heavy atom. The molecule has 0 saturated heterocycles. The number of anilines is 2. The third-order valence-electron chi connectivity index (χ3n) is 3.60. The third-order valence-corrected chi connectivity index (χ3v) is 3.60. The van der Waals surface area contributed by atoms with Gasteiger partial charge in [0.1, 0.15) is 0 Å². The van der Waals surface area contributed by atoms with E-state index >= 15 is 0 Å². The first-order valence-electron chi connectivity index (χ1n) is 7.42. The summed E-state index contributed by atoms with van der Waals surface area (Å²) in [6, 6.07) is 5.16. The molecule has 1 aromatic carbocycles. The highest BCUT2D eigenvalue weighted by molar-refractivity contribution is 5.99. The van der Waals surface area contributed by atoms with Crippen LogP contribution in [0.4, 0.5) is 11.4 Å². The first-order valence-corrected chi connectivity index (χ1v) is 7.42. The quantitative estimate of drug-likeness (QED) is 0.791. The van der Waals surface area contributed by atoms with Crippen molar-refractivity contribution in [1.29, 1.82) is 0 Å². The number of rotatable bonds is 6. The zero-order valence-corrected chi connectivity index (χ0v) is 12.7. The van der Waals surface area contributed by atoms with Crippen LogP contribution in [0.2, 0.25) is 0 Å². The number of hydrogen-bond donors (Lipinski definition) is 2. The SMILES string of the molecule is CCNc1ccc(C(=O)OCC)cc1NC(=O)C1CC1C. The summed E-state index contributed by atoms with van der Waals surface area (Å²) in [6.07, 6.45) is 0.930. The minimum absolute atomic E-state index is 0.0164. The lowest BCUT2D eigenvalue weighted by atomic mass is 10.1. The maximum Gasteiger partial charge on any atom is 0.338 e. The van der Waals surface area contributed by atoms with Crippen molar-refractivity contribution in [1.82, 2.24) is 0 Å². The van der Waals surface area contributed by atoms with E-state index in [4.69, 9.17) is 4.74 Å². The molecule has 114 valence electrons. The van der Waals surface area contributed by atoms with Gasteiger partial charge in [0.15, 0.2) is 0 Å². The van der Waals surface area contributed by atoms with Crippen molar-refractivity contribution in [2.75, 3.05) is 23.8 Å². The van der Waals surface area contributed by atoms with E-state index < -0.39 is 0 Å². The van der Waals surface area contributed by atoms with E-state index in [1.807, 2.05) is 6.92 Å². The number of hydrogen-bond acceptors (Lipinski definition) is 4. The molecular formula is C16H22N2O3. The molecule has 5 heteroatoms. The molecule has 1 aliphatic carbocycles. The van der Waals surface area contributed by atoms with Gasteiger partial charge in [0, 0.05) is 12.5 Å². The van der Waals surface area contributed by atoms with Crippen LogP contribution in [0.5, 0.6) is 0 Å². The van der Waals surface area contributed by atoms with Crippen LogP contribution in [-0.2, 0) is 9.53 Å². The summed E-state index contributed by atoms with van der Waals surface area (Å²) in [5.41, 5.74) is 1.89. The summed E-state index contributed by atoms with van der Waals surface area (Å²) < 4.78 is 4.99. The lowest BCUT2D eigenvalue weighted by Gasteiger charge is -2.13. The number of nitrogens with one attached hydrogen (secondary N) is 2. The summed E-state index contributed by atoms with van der Waals surface area (Å²) in [4.78, 5) is 23.9. The van der Waals surface area contributed by atoms with Gasteiger partial charge >= 0.3 is 5.97 Å². The van der Waals surface area contributed by atoms with Gasteiger partial charge in [0.2, 0.25) is 5.91 Å². The highest BCUT2D eigenvalue weighted by Crippen LogP contribution is 2.39. The monoisotopic (exact) mass is 290 g/mol.